The highest BCUT2D eigenvalue weighted by atomic mass is 16.5. The van der Waals surface area contributed by atoms with Crippen LogP contribution in [0.25, 0.3) is 0 Å². The minimum absolute atomic E-state index is 0.169. The van der Waals surface area contributed by atoms with Gasteiger partial charge >= 0.3 is 0 Å². The molecule has 0 aliphatic heterocycles. The van der Waals surface area contributed by atoms with Gasteiger partial charge in [-0.25, -0.2) is 0 Å². The van der Waals surface area contributed by atoms with E-state index in [-0.39, 0.29) is 6.10 Å². The van der Waals surface area contributed by atoms with E-state index in [2.05, 4.69) is 60.3 Å². The molecule has 2 unspecified atom stereocenters. The molecule has 0 aliphatic carbocycles. The number of carbonyl (C=O) groups is 2. The zero-order valence-electron chi connectivity index (χ0n) is 46.1. The molecule has 6 nitrogen and oxygen atoms in total. The zero-order chi connectivity index (χ0) is 48.8. The molecular weight excluding hydrogens is 803 g/mol. The number of unbranched alkanes of at least 4 members (excludes halogenated alkanes) is 31. The van der Waals surface area contributed by atoms with Crippen LogP contribution < -0.4 is 0 Å². The van der Waals surface area contributed by atoms with Crippen molar-refractivity contribution in [3.8, 4) is 0 Å². The van der Waals surface area contributed by atoms with Gasteiger partial charge in [-0.2, -0.15) is 0 Å². The first-order valence-electron chi connectivity index (χ1n) is 29.4. The molecule has 0 spiro atoms. The summed E-state index contributed by atoms with van der Waals surface area (Å²) < 4.78 is 10.3. The van der Waals surface area contributed by atoms with Crippen LogP contribution in [0.2, 0.25) is 0 Å². The quantitative estimate of drug-likeness (QED) is 0.0484. The summed E-state index contributed by atoms with van der Waals surface area (Å²) >= 11 is 0. The smallest absolute Gasteiger partial charge is 0.293 e. The lowest BCUT2D eigenvalue weighted by Gasteiger charge is -2.20. The number of aliphatic hydroxyl groups is 1. The third-order valence-corrected chi connectivity index (χ3v) is 12.9. The number of hydrogen-bond donors (Lipinski definition) is 1. The van der Waals surface area contributed by atoms with Crippen molar-refractivity contribution in [3.63, 3.8) is 0 Å². The van der Waals surface area contributed by atoms with Gasteiger partial charge in [-0.05, 0) is 70.4 Å². The van der Waals surface area contributed by atoms with E-state index < -0.39 is 0 Å². The van der Waals surface area contributed by atoms with E-state index in [1.54, 1.807) is 0 Å². The Bertz CT molecular complexity index is 795. The summed E-state index contributed by atoms with van der Waals surface area (Å²) in [6.45, 7) is 23.3. The largest absolute Gasteiger partial charge is 0.468 e. The fourth-order valence-electron chi connectivity index (χ4n) is 8.26. The summed E-state index contributed by atoms with van der Waals surface area (Å²) in [5, 5.41) is 8.94. The second-order valence-corrected chi connectivity index (χ2v) is 19.5. The maximum Gasteiger partial charge on any atom is 0.293 e. The first kappa shape index (κ1) is 70.4. The van der Waals surface area contributed by atoms with Gasteiger partial charge in [-0.3, -0.25) is 9.59 Å². The molecule has 6 heteroatoms. The predicted molar refractivity (Wildman–Crippen MR) is 289 cm³/mol. The fourth-order valence-corrected chi connectivity index (χ4v) is 8.26. The van der Waals surface area contributed by atoms with Crippen molar-refractivity contribution < 1.29 is 24.2 Å². The Balaban J connectivity index is -0.000000420. The van der Waals surface area contributed by atoms with Crippen LogP contribution in [-0.4, -0.2) is 61.9 Å². The SMILES string of the molecule is CCCC.CCCCCCCCCC(CCCCCCCC)COC=O.CCCCCCCCCCCC(CCCCCCCCC)OC=O.CCCCCCCN(CCO)CCCC. The van der Waals surface area contributed by atoms with Crippen LogP contribution in [0.4, 0.5) is 0 Å². The van der Waals surface area contributed by atoms with Crippen LogP contribution >= 0.6 is 0 Å². The molecule has 0 aromatic rings. The number of ether oxygens (including phenoxy) is 2. The topological polar surface area (TPSA) is 76.1 Å². The van der Waals surface area contributed by atoms with Crippen molar-refractivity contribution in [1.29, 1.82) is 0 Å². The van der Waals surface area contributed by atoms with Gasteiger partial charge in [0.15, 0.2) is 0 Å². The molecular formula is C59H123NO5. The number of nitrogens with zero attached hydrogens (tertiary/aromatic N) is 1. The molecule has 0 aromatic carbocycles. The van der Waals surface area contributed by atoms with E-state index in [0.717, 1.165) is 25.9 Å². The summed E-state index contributed by atoms with van der Waals surface area (Å²) in [5.74, 6) is 0.590. The third kappa shape index (κ3) is 69.5. The van der Waals surface area contributed by atoms with E-state index in [9.17, 15) is 9.59 Å². The Hall–Kier alpha value is -1.14. The molecule has 0 amide bonds. The molecule has 394 valence electrons. The van der Waals surface area contributed by atoms with Crippen LogP contribution in [0.15, 0.2) is 0 Å². The summed E-state index contributed by atoms with van der Waals surface area (Å²) in [4.78, 5) is 23.5. The zero-order valence-corrected chi connectivity index (χ0v) is 46.1. The van der Waals surface area contributed by atoms with Crippen molar-refractivity contribution in [2.75, 3.05) is 32.8 Å². The van der Waals surface area contributed by atoms with Crippen LogP contribution in [0.3, 0.4) is 0 Å². The fraction of sp³-hybridized carbons (Fsp3) is 0.966. The Kier molecular flexibility index (Phi) is 75.2. The standard InChI is InChI=1S/C22H44O2.C20H40O2.C13H29NO.C4H10/c1-3-5-7-9-11-12-14-16-18-20-22(24-21-23)19-17-15-13-10-8-6-4-2;1-3-5-7-9-11-13-15-17-20(18-22-19-21)16-14-12-10-8-6-4-2;1-3-5-7-8-9-11-14(12-13-15)10-6-4-2;1-3-4-2/h21-22H,3-20H2,1-2H3;19-20H,3-18H2,1-2H3;15H,3-13H2,1-2H3;3-4H2,1-2H3. The van der Waals surface area contributed by atoms with Gasteiger partial charge in [0.1, 0.15) is 6.10 Å². The second-order valence-electron chi connectivity index (χ2n) is 19.5. The van der Waals surface area contributed by atoms with Gasteiger partial charge < -0.3 is 19.5 Å². The number of hydrogen-bond acceptors (Lipinski definition) is 6. The maximum absolute atomic E-state index is 10.7. The summed E-state index contributed by atoms with van der Waals surface area (Å²) in [6.07, 6.45) is 55.6. The molecule has 0 fully saturated rings. The molecule has 0 radical (unpaired) electrons. The van der Waals surface area contributed by atoms with Crippen LogP contribution in [0, 0.1) is 5.92 Å². The molecule has 1 N–H and O–H groups in total. The van der Waals surface area contributed by atoms with Gasteiger partial charge in [0.2, 0.25) is 0 Å². The highest BCUT2D eigenvalue weighted by Gasteiger charge is 2.10. The van der Waals surface area contributed by atoms with E-state index in [0.29, 0.717) is 32.1 Å². The van der Waals surface area contributed by atoms with Crippen molar-refractivity contribution in [3.05, 3.63) is 0 Å². The summed E-state index contributed by atoms with van der Waals surface area (Å²) in [5.41, 5.74) is 0. The molecule has 0 rings (SSSR count). The van der Waals surface area contributed by atoms with Gasteiger partial charge in [0.05, 0.1) is 13.2 Å². The highest BCUT2D eigenvalue weighted by Crippen LogP contribution is 2.20. The van der Waals surface area contributed by atoms with Crippen molar-refractivity contribution >= 4 is 12.9 Å². The average Bonchev–Trinajstić information content (AvgIpc) is 3.32. The first-order valence-corrected chi connectivity index (χ1v) is 29.4. The number of aliphatic hydroxyl groups excluding tert-OH is 1. The molecule has 0 saturated heterocycles. The minimum Gasteiger partial charge on any atom is -0.468 e. The number of carbonyl (C=O) groups excluding carboxylic acids is 2. The van der Waals surface area contributed by atoms with Crippen molar-refractivity contribution in [1.82, 2.24) is 4.90 Å². The molecule has 65 heavy (non-hydrogen) atoms. The van der Waals surface area contributed by atoms with E-state index in [1.807, 2.05) is 0 Å². The van der Waals surface area contributed by atoms with Gasteiger partial charge in [0, 0.05) is 6.54 Å². The van der Waals surface area contributed by atoms with E-state index in [4.69, 9.17) is 14.6 Å². The molecule has 0 heterocycles. The Morgan fingerprint density at radius 2 is 0.662 bits per heavy atom. The Morgan fingerprint density at radius 1 is 0.354 bits per heavy atom. The van der Waals surface area contributed by atoms with E-state index in [1.165, 1.54) is 263 Å². The lowest BCUT2D eigenvalue weighted by molar-refractivity contribution is -0.134. The average molecular weight is 927 g/mol. The van der Waals surface area contributed by atoms with Gasteiger partial charge in [-0.1, -0.05) is 274 Å². The molecule has 2 atom stereocenters. The normalized spacial score (nSPS) is 11.7. The summed E-state index contributed by atoms with van der Waals surface area (Å²) in [7, 11) is 0. The minimum atomic E-state index is 0.169. The van der Waals surface area contributed by atoms with Crippen molar-refractivity contribution in [2.45, 2.75) is 331 Å². The highest BCUT2D eigenvalue weighted by molar-refractivity contribution is 5.37. The van der Waals surface area contributed by atoms with Crippen LogP contribution in [0.1, 0.15) is 325 Å². The van der Waals surface area contributed by atoms with Crippen LogP contribution in [0.5, 0.6) is 0 Å². The van der Waals surface area contributed by atoms with Gasteiger partial charge in [0.25, 0.3) is 12.9 Å². The molecule has 0 saturated carbocycles. The Labute approximate surface area is 410 Å². The predicted octanol–water partition coefficient (Wildman–Crippen LogP) is 19.1. The van der Waals surface area contributed by atoms with Crippen LogP contribution in [-0.2, 0) is 19.1 Å². The van der Waals surface area contributed by atoms with E-state index >= 15 is 0 Å². The summed E-state index contributed by atoms with van der Waals surface area (Å²) in [6, 6.07) is 0. The molecule has 0 bridgehead atoms. The molecule has 0 aliphatic rings. The second kappa shape index (κ2) is 69.4. The molecule has 0 aromatic heterocycles. The first-order chi connectivity index (χ1) is 32.0. The number of rotatable bonds is 50. The van der Waals surface area contributed by atoms with Crippen molar-refractivity contribution in [2.24, 2.45) is 5.92 Å². The lowest BCUT2D eigenvalue weighted by atomic mass is 9.95. The third-order valence-electron chi connectivity index (χ3n) is 12.9. The Morgan fingerprint density at radius 3 is 0.969 bits per heavy atom. The monoisotopic (exact) mass is 926 g/mol. The van der Waals surface area contributed by atoms with Gasteiger partial charge in [-0.15, -0.1) is 0 Å². The lowest BCUT2D eigenvalue weighted by Crippen LogP contribution is -2.29. The maximum atomic E-state index is 10.7.